The van der Waals surface area contributed by atoms with Gasteiger partial charge in [-0.15, -0.1) is 0 Å². The van der Waals surface area contributed by atoms with Gasteiger partial charge in [0.25, 0.3) is 10.1 Å². The summed E-state index contributed by atoms with van der Waals surface area (Å²) < 4.78 is 45.3. The van der Waals surface area contributed by atoms with Crippen LogP contribution in [0, 0.1) is 30.1 Å². The summed E-state index contributed by atoms with van der Waals surface area (Å²) in [6.07, 6.45) is 13.4. The van der Waals surface area contributed by atoms with E-state index in [0.717, 1.165) is 36.8 Å². The minimum Gasteiger partial charge on any atom is -0.413 e. The van der Waals surface area contributed by atoms with Crippen molar-refractivity contribution in [3.63, 3.8) is 0 Å². The predicted octanol–water partition coefficient (Wildman–Crippen LogP) is 11.9. The molecule has 3 aliphatic carbocycles. The van der Waals surface area contributed by atoms with Crippen LogP contribution in [0.3, 0.4) is 0 Å². The molecule has 3 saturated carbocycles. The zero-order valence-electron chi connectivity index (χ0n) is 33.9. The number of fused-ring (bicyclic) bond motifs is 1. The third-order valence-corrected chi connectivity index (χ3v) is 23.9. The topological polar surface area (TPSA) is 61.8 Å². The number of allylic oxidation sites excluding steroid dienone is 3. The monoisotopic (exact) mass is 742 g/mol. The van der Waals surface area contributed by atoms with Crippen LogP contribution < -0.4 is 0 Å². The molecule has 0 heterocycles. The number of benzene rings is 1. The second-order valence-electron chi connectivity index (χ2n) is 19.2. The van der Waals surface area contributed by atoms with Crippen molar-refractivity contribution in [2.45, 2.75) is 167 Å². The molecule has 0 saturated heterocycles. The molecule has 0 N–H and O–H groups in total. The molecular formula is C42H70O5SSi2. The van der Waals surface area contributed by atoms with Gasteiger partial charge in [-0.2, -0.15) is 8.42 Å². The van der Waals surface area contributed by atoms with Crippen molar-refractivity contribution in [2.75, 3.05) is 6.61 Å². The number of hydrogen-bond acceptors (Lipinski definition) is 5. The first-order chi connectivity index (χ1) is 22.9. The molecule has 3 fully saturated rings. The largest absolute Gasteiger partial charge is 0.413 e. The molecule has 0 unspecified atom stereocenters. The second-order valence-corrected chi connectivity index (χ2v) is 30.3. The van der Waals surface area contributed by atoms with E-state index in [0.29, 0.717) is 17.8 Å². The van der Waals surface area contributed by atoms with Crippen molar-refractivity contribution >= 4 is 26.8 Å². The van der Waals surface area contributed by atoms with Crippen LogP contribution in [0.2, 0.25) is 36.3 Å². The Labute approximate surface area is 309 Å². The van der Waals surface area contributed by atoms with E-state index in [1.165, 1.54) is 31.3 Å². The van der Waals surface area contributed by atoms with Gasteiger partial charge in [0.15, 0.2) is 16.6 Å². The van der Waals surface area contributed by atoms with Crippen molar-refractivity contribution in [2.24, 2.45) is 23.2 Å². The first-order valence-electron chi connectivity index (χ1n) is 19.3. The van der Waals surface area contributed by atoms with E-state index in [4.69, 9.17) is 13.0 Å². The maximum absolute atomic E-state index is 12.8. The summed E-state index contributed by atoms with van der Waals surface area (Å²) in [6.45, 7) is 35.0. The van der Waals surface area contributed by atoms with Crippen molar-refractivity contribution in [1.29, 1.82) is 0 Å². The number of hydrogen-bond donors (Lipinski definition) is 0. The van der Waals surface area contributed by atoms with Gasteiger partial charge in [0.2, 0.25) is 0 Å². The molecule has 8 heteroatoms. The molecule has 282 valence electrons. The Hall–Kier alpha value is -1.30. The summed E-state index contributed by atoms with van der Waals surface area (Å²) in [5.41, 5.74) is 5.24. The average Bonchev–Trinajstić information content (AvgIpc) is 3.34. The van der Waals surface area contributed by atoms with Gasteiger partial charge in [-0.3, -0.25) is 4.18 Å². The van der Waals surface area contributed by atoms with Gasteiger partial charge in [0.05, 0.1) is 23.7 Å². The Morgan fingerprint density at radius 1 is 0.960 bits per heavy atom. The molecule has 0 amide bonds. The lowest BCUT2D eigenvalue weighted by Gasteiger charge is -2.46. The second kappa shape index (κ2) is 15.2. The van der Waals surface area contributed by atoms with Crippen molar-refractivity contribution in [3.05, 3.63) is 65.3 Å². The molecule has 50 heavy (non-hydrogen) atoms. The highest BCUT2D eigenvalue weighted by Gasteiger charge is 2.51. The van der Waals surface area contributed by atoms with Crippen molar-refractivity contribution in [3.8, 4) is 0 Å². The molecule has 0 spiro atoms. The third-order valence-electron chi connectivity index (χ3n) is 13.6. The predicted molar refractivity (Wildman–Crippen MR) is 215 cm³/mol. The summed E-state index contributed by atoms with van der Waals surface area (Å²) in [4.78, 5) is 0.233. The first-order valence-corrected chi connectivity index (χ1v) is 26.5. The zero-order valence-corrected chi connectivity index (χ0v) is 36.7. The average molecular weight is 743 g/mol. The molecule has 6 atom stereocenters. The highest BCUT2D eigenvalue weighted by Crippen LogP contribution is 2.60. The van der Waals surface area contributed by atoms with Gasteiger partial charge in [0, 0.05) is 6.42 Å². The maximum Gasteiger partial charge on any atom is 0.296 e. The Balaban J connectivity index is 1.51. The molecule has 5 nitrogen and oxygen atoms in total. The summed E-state index contributed by atoms with van der Waals surface area (Å²) >= 11 is 0. The maximum atomic E-state index is 12.8. The molecule has 0 aromatic heterocycles. The molecule has 1 aromatic carbocycles. The van der Waals surface area contributed by atoms with Crippen LogP contribution in [0.4, 0.5) is 0 Å². The Kier molecular flexibility index (Phi) is 12.6. The van der Waals surface area contributed by atoms with Crippen LogP contribution in [0.1, 0.15) is 112 Å². The summed E-state index contributed by atoms with van der Waals surface area (Å²) in [7, 11) is -7.73. The van der Waals surface area contributed by atoms with E-state index in [-0.39, 0.29) is 39.2 Å². The van der Waals surface area contributed by atoms with E-state index in [1.54, 1.807) is 17.7 Å². The Morgan fingerprint density at radius 2 is 1.56 bits per heavy atom. The van der Waals surface area contributed by atoms with E-state index in [2.05, 4.69) is 100 Å². The van der Waals surface area contributed by atoms with Crippen LogP contribution in [0.5, 0.6) is 0 Å². The van der Waals surface area contributed by atoms with Crippen LogP contribution in [0.15, 0.2) is 64.6 Å². The van der Waals surface area contributed by atoms with Crippen LogP contribution >= 0.6 is 0 Å². The smallest absolute Gasteiger partial charge is 0.296 e. The standard InChI is InChI=1S/C42H70O5SSi2/c1-30-17-21-36(22-18-30)48(43,44)45-27-25-31(2)37-23-24-38-33(16-15-26-42(37,38)10)19-20-34-28-35(46-49(11,12)40(4,5)6)29-39(32(34)3)47-50(13,14)41(7,8)9/h17-22,31,35,37-39H,3,15-16,23-29H2,1-2,4-14H3/b33-19+,34-20-/t31-,35-,37-,38+,39+,42-/m1/s1. The summed E-state index contributed by atoms with van der Waals surface area (Å²) in [5, 5.41) is 0.268. The molecule has 0 radical (unpaired) electrons. The fraction of sp³-hybridized carbons (Fsp3) is 0.714. The normalized spacial score (nSPS) is 29.4. The van der Waals surface area contributed by atoms with Crippen LogP contribution in [-0.4, -0.2) is 43.9 Å². The molecule has 1 aromatic rings. The summed E-state index contributed by atoms with van der Waals surface area (Å²) in [6, 6.07) is 6.90. The number of rotatable bonds is 11. The van der Waals surface area contributed by atoms with E-state index in [1.807, 2.05) is 19.1 Å². The van der Waals surface area contributed by atoms with E-state index in [9.17, 15) is 8.42 Å². The molecule has 3 aliphatic rings. The molecular weight excluding hydrogens is 673 g/mol. The highest BCUT2D eigenvalue weighted by molar-refractivity contribution is 7.86. The van der Waals surface area contributed by atoms with Gasteiger partial charge < -0.3 is 8.85 Å². The van der Waals surface area contributed by atoms with Crippen molar-refractivity contribution < 1.29 is 21.5 Å². The van der Waals surface area contributed by atoms with Gasteiger partial charge in [-0.25, -0.2) is 0 Å². The minimum absolute atomic E-state index is 0.0190. The first kappa shape index (κ1) is 41.5. The van der Waals surface area contributed by atoms with Crippen molar-refractivity contribution in [1.82, 2.24) is 0 Å². The highest BCUT2D eigenvalue weighted by atomic mass is 32.2. The molecule has 0 aliphatic heterocycles. The van der Waals surface area contributed by atoms with Gasteiger partial charge in [0.1, 0.15) is 0 Å². The lowest BCUT2D eigenvalue weighted by Crippen LogP contribution is -2.49. The number of aryl methyl sites for hydroxylation is 1. The van der Waals surface area contributed by atoms with E-state index >= 15 is 0 Å². The van der Waals surface area contributed by atoms with Crippen LogP contribution in [0.25, 0.3) is 0 Å². The zero-order chi connectivity index (χ0) is 37.5. The summed E-state index contributed by atoms with van der Waals surface area (Å²) in [5.74, 6) is 1.48. The fourth-order valence-corrected chi connectivity index (χ4v) is 11.9. The minimum atomic E-state index is -3.75. The van der Waals surface area contributed by atoms with Gasteiger partial charge in [-0.05, 0) is 135 Å². The van der Waals surface area contributed by atoms with E-state index < -0.39 is 26.8 Å². The SMILES string of the molecule is C=C1/C(=C\C=C2/CCC[C@]3(C)[C@@H]([C@H](C)CCOS(=O)(=O)c4ccc(C)cc4)CC[C@@H]23)C[C@@H](O[Si](C)(C)C(C)(C)C)C[C@@H]1O[Si](C)(C)C(C)(C)C. The molecule has 4 rings (SSSR count). The third kappa shape index (κ3) is 9.25. The Bertz CT molecular complexity index is 1530. The molecule has 0 bridgehead atoms. The lowest BCUT2D eigenvalue weighted by molar-refractivity contribution is 0.0880. The van der Waals surface area contributed by atoms with Gasteiger partial charge >= 0.3 is 0 Å². The lowest BCUT2D eigenvalue weighted by atomic mass is 9.61. The fourth-order valence-electron chi connectivity index (χ4n) is 8.30. The van der Waals surface area contributed by atoms with Crippen LogP contribution in [-0.2, 0) is 23.2 Å². The van der Waals surface area contributed by atoms with Gasteiger partial charge in [-0.1, -0.05) is 97.4 Å². The quantitative estimate of drug-likeness (QED) is 0.167. The Morgan fingerprint density at radius 3 is 2.16 bits per heavy atom.